The molecule has 0 aliphatic heterocycles. The summed E-state index contributed by atoms with van der Waals surface area (Å²) in [5.74, 6) is -1.08. The van der Waals surface area contributed by atoms with E-state index in [0.29, 0.717) is 0 Å². The van der Waals surface area contributed by atoms with Crippen LogP contribution in [0.5, 0.6) is 0 Å². The second-order valence-corrected chi connectivity index (χ2v) is 3.67. The van der Waals surface area contributed by atoms with Crippen LogP contribution in [0.4, 0.5) is 8.78 Å². The lowest BCUT2D eigenvalue weighted by molar-refractivity contribution is -0.141. The van der Waals surface area contributed by atoms with Gasteiger partial charge in [-0.2, -0.15) is 0 Å². The van der Waals surface area contributed by atoms with E-state index >= 15 is 0 Å². The van der Waals surface area contributed by atoms with Crippen LogP contribution in [0.3, 0.4) is 0 Å². The van der Waals surface area contributed by atoms with Gasteiger partial charge in [-0.25, -0.2) is 8.78 Å². The van der Waals surface area contributed by atoms with E-state index in [4.69, 9.17) is 0 Å². The molecule has 100 valence electrons. The molecule has 0 atom stereocenters. The van der Waals surface area contributed by atoms with Gasteiger partial charge in [0.05, 0.1) is 13.7 Å². The number of hydrogen-bond donors (Lipinski definition) is 0. The zero-order valence-corrected chi connectivity index (χ0v) is 10.1. The number of rotatable bonds is 5. The first kappa shape index (κ1) is 14.1. The first-order valence-electron chi connectivity index (χ1n) is 5.21. The summed E-state index contributed by atoms with van der Waals surface area (Å²) in [6, 6.07) is 2.93. The van der Waals surface area contributed by atoms with Crippen LogP contribution in [0.1, 0.15) is 10.5 Å². The Labute approximate surface area is 103 Å². The number of carbonyl (C=O) groups excluding carboxylic acids is 2. The van der Waals surface area contributed by atoms with Gasteiger partial charge < -0.3 is 14.2 Å². The average Bonchev–Trinajstić information content (AvgIpc) is 2.74. The Morgan fingerprint density at radius 2 is 2.17 bits per heavy atom. The number of halogens is 2. The Hall–Kier alpha value is -1.92. The number of amides is 1. The number of alkyl halides is 2. The molecule has 1 heterocycles. The molecular weight excluding hydrogens is 246 g/mol. The molecular formula is C11H14F2N2O3. The van der Waals surface area contributed by atoms with Gasteiger partial charge >= 0.3 is 5.97 Å². The Kier molecular flexibility index (Phi) is 4.82. The third kappa shape index (κ3) is 3.54. The van der Waals surface area contributed by atoms with Gasteiger partial charge in [-0.1, -0.05) is 0 Å². The van der Waals surface area contributed by atoms with Crippen LogP contribution in [0.2, 0.25) is 0 Å². The van der Waals surface area contributed by atoms with Crippen molar-refractivity contribution in [1.82, 2.24) is 9.47 Å². The highest BCUT2D eigenvalue weighted by molar-refractivity contribution is 5.94. The number of aromatic nitrogens is 1. The summed E-state index contributed by atoms with van der Waals surface area (Å²) in [4.78, 5) is 24.0. The zero-order valence-electron chi connectivity index (χ0n) is 10.1. The van der Waals surface area contributed by atoms with Crippen molar-refractivity contribution < 1.29 is 23.1 Å². The first-order valence-corrected chi connectivity index (χ1v) is 5.21. The van der Waals surface area contributed by atoms with Gasteiger partial charge in [-0.05, 0) is 12.1 Å². The largest absolute Gasteiger partial charge is 0.468 e. The molecule has 0 aliphatic rings. The maximum atomic E-state index is 12.3. The molecule has 0 saturated carbocycles. The molecule has 1 aromatic rings. The smallest absolute Gasteiger partial charge is 0.325 e. The zero-order chi connectivity index (χ0) is 13.7. The number of carbonyl (C=O) groups is 2. The molecule has 0 bridgehead atoms. The van der Waals surface area contributed by atoms with E-state index in [-0.39, 0.29) is 12.2 Å². The molecule has 0 saturated heterocycles. The highest BCUT2D eigenvalue weighted by Gasteiger charge is 2.19. The summed E-state index contributed by atoms with van der Waals surface area (Å²) in [7, 11) is 2.61. The van der Waals surface area contributed by atoms with Crippen LogP contribution in [-0.2, 0) is 16.1 Å². The molecule has 0 aliphatic carbocycles. The highest BCUT2D eigenvalue weighted by atomic mass is 19.3. The van der Waals surface area contributed by atoms with Crippen LogP contribution in [0, 0.1) is 0 Å². The molecule has 1 aromatic heterocycles. The second-order valence-electron chi connectivity index (χ2n) is 3.67. The molecule has 1 rings (SSSR count). The van der Waals surface area contributed by atoms with Crippen LogP contribution >= 0.6 is 0 Å². The van der Waals surface area contributed by atoms with Crippen molar-refractivity contribution in [3.63, 3.8) is 0 Å². The Morgan fingerprint density at radius 3 is 2.72 bits per heavy atom. The molecule has 5 nitrogen and oxygen atoms in total. The molecule has 0 unspecified atom stereocenters. The fraction of sp³-hybridized carbons (Fsp3) is 0.455. The molecule has 0 N–H and O–H groups in total. The van der Waals surface area contributed by atoms with E-state index in [0.717, 1.165) is 9.47 Å². The van der Waals surface area contributed by atoms with E-state index in [1.165, 1.54) is 32.5 Å². The van der Waals surface area contributed by atoms with Gasteiger partial charge in [0.2, 0.25) is 0 Å². The quantitative estimate of drug-likeness (QED) is 0.742. The van der Waals surface area contributed by atoms with Crippen LogP contribution in [0.25, 0.3) is 0 Å². The fourth-order valence-electron chi connectivity index (χ4n) is 1.44. The minimum absolute atomic E-state index is 0.113. The van der Waals surface area contributed by atoms with Gasteiger partial charge in [0.1, 0.15) is 12.2 Å². The van der Waals surface area contributed by atoms with Gasteiger partial charge in [-0.15, -0.1) is 0 Å². The number of esters is 1. The van der Waals surface area contributed by atoms with Crippen LogP contribution in [0.15, 0.2) is 18.3 Å². The molecule has 0 fully saturated rings. The summed E-state index contributed by atoms with van der Waals surface area (Å²) in [5.41, 5.74) is 0.113. The molecule has 0 spiro atoms. The lowest BCUT2D eigenvalue weighted by Gasteiger charge is -2.17. The third-order valence-electron chi connectivity index (χ3n) is 2.32. The summed E-state index contributed by atoms with van der Waals surface area (Å²) < 4.78 is 30.2. The maximum absolute atomic E-state index is 12.3. The van der Waals surface area contributed by atoms with Crippen molar-refractivity contribution >= 4 is 11.9 Å². The number of ether oxygens (including phenoxy) is 1. The fourth-order valence-corrected chi connectivity index (χ4v) is 1.44. The number of likely N-dealkylation sites (N-methyl/N-ethyl adjacent to an activating group) is 1. The van der Waals surface area contributed by atoms with Crippen molar-refractivity contribution in [3.8, 4) is 0 Å². The van der Waals surface area contributed by atoms with Crippen molar-refractivity contribution in [1.29, 1.82) is 0 Å². The van der Waals surface area contributed by atoms with E-state index in [2.05, 4.69) is 4.74 Å². The second kappa shape index (κ2) is 6.13. The molecule has 0 radical (unpaired) electrons. The molecule has 7 heteroatoms. The molecule has 0 aromatic carbocycles. The lowest BCUT2D eigenvalue weighted by atomic mass is 10.3. The van der Waals surface area contributed by atoms with Gasteiger partial charge in [0.25, 0.3) is 12.3 Å². The number of nitrogens with zero attached hydrogens (tertiary/aromatic N) is 2. The summed E-state index contributed by atoms with van der Waals surface area (Å²) in [6.07, 6.45) is -1.15. The van der Waals surface area contributed by atoms with Crippen molar-refractivity contribution in [2.75, 3.05) is 20.7 Å². The Bertz CT molecular complexity index is 432. The van der Waals surface area contributed by atoms with E-state index in [1.54, 1.807) is 0 Å². The van der Waals surface area contributed by atoms with Crippen molar-refractivity contribution in [2.24, 2.45) is 0 Å². The first-order chi connectivity index (χ1) is 8.45. The van der Waals surface area contributed by atoms with Crippen molar-refractivity contribution in [3.05, 3.63) is 24.0 Å². The topological polar surface area (TPSA) is 51.5 Å². The van der Waals surface area contributed by atoms with Crippen molar-refractivity contribution in [2.45, 2.75) is 13.0 Å². The standard InChI is InChI=1S/C11H14F2N2O3/c1-14(7-10(16)18-2)11(17)8-4-3-5-15(8)6-9(12)13/h3-5,9H,6-7H2,1-2H3. The van der Waals surface area contributed by atoms with Crippen LogP contribution in [-0.4, -0.2) is 48.5 Å². The minimum atomic E-state index is -2.55. The van der Waals surface area contributed by atoms with Gasteiger partial charge in [0, 0.05) is 13.2 Å². The highest BCUT2D eigenvalue weighted by Crippen LogP contribution is 2.09. The number of methoxy groups -OCH3 is 1. The maximum Gasteiger partial charge on any atom is 0.325 e. The average molecular weight is 260 g/mol. The lowest BCUT2D eigenvalue weighted by Crippen LogP contribution is -2.34. The normalized spacial score (nSPS) is 10.5. The van der Waals surface area contributed by atoms with E-state index in [1.807, 2.05) is 0 Å². The van der Waals surface area contributed by atoms with Gasteiger partial charge in [-0.3, -0.25) is 9.59 Å². The predicted molar refractivity (Wildman–Crippen MR) is 59.4 cm³/mol. The molecule has 1 amide bonds. The minimum Gasteiger partial charge on any atom is -0.468 e. The Morgan fingerprint density at radius 1 is 1.50 bits per heavy atom. The molecule has 18 heavy (non-hydrogen) atoms. The summed E-state index contributed by atoms with van der Waals surface area (Å²) in [5, 5.41) is 0. The van der Waals surface area contributed by atoms with Crippen LogP contribution < -0.4 is 0 Å². The number of hydrogen-bond acceptors (Lipinski definition) is 3. The van der Waals surface area contributed by atoms with Gasteiger partial charge in [0.15, 0.2) is 0 Å². The third-order valence-corrected chi connectivity index (χ3v) is 2.32. The summed E-state index contributed by atoms with van der Waals surface area (Å²) in [6.45, 7) is -0.782. The predicted octanol–water partition coefficient (Wildman–Crippen LogP) is 0.998. The SMILES string of the molecule is COC(=O)CN(C)C(=O)c1cccn1CC(F)F. The monoisotopic (exact) mass is 260 g/mol. The van der Waals surface area contributed by atoms with E-state index in [9.17, 15) is 18.4 Å². The summed E-state index contributed by atoms with van der Waals surface area (Å²) >= 11 is 0. The Balaban J connectivity index is 2.77. The van der Waals surface area contributed by atoms with E-state index < -0.39 is 24.8 Å².